The average molecular weight is 535 g/mol. The molecule has 1 N–H and O–H groups in total. The van der Waals surface area contributed by atoms with Gasteiger partial charge in [-0.3, -0.25) is 9.59 Å². The van der Waals surface area contributed by atoms with E-state index in [0.717, 1.165) is 14.2 Å². The Kier molecular flexibility index (Phi) is 10.6. The Bertz CT molecular complexity index is 1180. The summed E-state index contributed by atoms with van der Waals surface area (Å²) in [6, 6.07) is 10.2. The van der Waals surface area contributed by atoms with E-state index in [1.807, 2.05) is 26.8 Å². The summed E-state index contributed by atoms with van der Waals surface area (Å²) in [6.45, 7) is 9.32. The van der Waals surface area contributed by atoms with Crippen LogP contribution in [0.15, 0.2) is 42.5 Å². The zero-order chi connectivity index (χ0) is 27.9. The van der Waals surface area contributed by atoms with Crippen LogP contribution in [-0.4, -0.2) is 62.7 Å². The molecular formula is C27H39FN4O4S. The van der Waals surface area contributed by atoms with Gasteiger partial charge in [-0.05, 0) is 61.1 Å². The van der Waals surface area contributed by atoms with Crippen LogP contribution < -0.4 is 9.62 Å². The van der Waals surface area contributed by atoms with Crippen molar-refractivity contribution in [2.75, 3.05) is 31.5 Å². The molecule has 0 bridgehead atoms. The highest BCUT2D eigenvalue weighted by Crippen LogP contribution is 2.26. The van der Waals surface area contributed by atoms with Gasteiger partial charge >= 0.3 is 10.2 Å². The number of nitrogens with one attached hydrogen (secondary N) is 1. The van der Waals surface area contributed by atoms with Gasteiger partial charge in [0.05, 0.1) is 5.69 Å². The van der Waals surface area contributed by atoms with Crippen molar-refractivity contribution in [1.82, 2.24) is 14.5 Å². The second-order valence-corrected chi connectivity index (χ2v) is 11.9. The first kappa shape index (κ1) is 30.2. The molecule has 0 fully saturated rings. The van der Waals surface area contributed by atoms with Gasteiger partial charge in [0, 0.05) is 27.2 Å². The third-order valence-electron chi connectivity index (χ3n) is 5.99. The molecular weight excluding hydrogens is 495 g/mol. The molecule has 0 aliphatic carbocycles. The molecule has 2 aromatic carbocycles. The fourth-order valence-corrected chi connectivity index (χ4v) is 4.93. The molecule has 0 heterocycles. The van der Waals surface area contributed by atoms with E-state index in [0.29, 0.717) is 29.8 Å². The summed E-state index contributed by atoms with van der Waals surface area (Å²) in [5, 5.41) is 2.88. The quantitative estimate of drug-likeness (QED) is 0.450. The maximum Gasteiger partial charge on any atom is 0.304 e. The SMILES string of the molecule is CCC(C(=O)NCC(C)C)N(Cc1ccc(F)cc1)C(=O)CN(c1cc(C)ccc1C)S(=O)(=O)N(C)C. The highest BCUT2D eigenvalue weighted by Gasteiger charge is 2.34. The molecule has 2 rings (SSSR count). The van der Waals surface area contributed by atoms with Gasteiger partial charge in [0.25, 0.3) is 0 Å². The molecule has 8 nitrogen and oxygen atoms in total. The fourth-order valence-electron chi connectivity index (χ4n) is 3.82. The second kappa shape index (κ2) is 13.0. The van der Waals surface area contributed by atoms with Gasteiger partial charge in [-0.15, -0.1) is 0 Å². The summed E-state index contributed by atoms with van der Waals surface area (Å²) in [4.78, 5) is 28.4. The van der Waals surface area contributed by atoms with Crippen molar-refractivity contribution in [1.29, 1.82) is 0 Å². The Hall–Kier alpha value is -2.98. The summed E-state index contributed by atoms with van der Waals surface area (Å²) < 4.78 is 42.4. The second-order valence-electron chi connectivity index (χ2n) is 9.80. The van der Waals surface area contributed by atoms with Gasteiger partial charge in [0.1, 0.15) is 18.4 Å². The number of nitrogens with zero attached hydrogens (tertiary/aromatic N) is 3. The van der Waals surface area contributed by atoms with E-state index in [2.05, 4.69) is 5.32 Å². The minimum absolute atomic E-state index is 0.0232. The van der Waals surface area contributed by atoms with E-state index in [1.54, 1.807) is 38.1 Å². The molecule has 10 heteroatoms. The lowest BCUT2D eigenvalue weighted by Gasteiger charge is -2.34. The fraction of sp³-hybridized carbons (Fsp3) is 0.481. The van der Waals surface area contributed by atoms with Crippen LogP contribution in [0.3, 0.4) is 0 Å². The molecule has 0 saturated heterocycles. The van der Waals surface area contributed by atoms with E-state index in [-0.39, 0.29) is 18.4 Å². The first-order chi connectivity index (χ1) is 17.3. The van der Waals surface area contributed by atoms with E-state index >= 15 is 0 Å². The predicted molar refractivity (Wildman–Crippen MR) is 145 cm³/mol. The lowest BCUT2D eigenvalue weighted by atomic mass is 10.1. The van der Waals surface area contributed by atoms with Crippen LogP contribution in [0.1, 0.15) is 43.9 Å². The summed E-state index contributed by atoms with van der Waals surface area (Å²) >= 11 is 0. The van der Waals surface area contributed by atoms with Crippen LogP contribution in [0.4, 0.5) is 10.1 Å². The van der Waals surface area contributed by atoms with E-state index in [4.69, 9.17) is 0 Å². The van der Waals surface area contributed by atoms with Crippen molar-refractivity contribution in [3.8, 4) is 0 Å². The van der Waals surface area contributed by atoms with Crippen molar-refractivity contribution in [3.63, 3.8) is 0 Å². The minimum Gasteiger partial charge on any atom is -0.354 e. The third kappa shape index (κ3) is 8.00. The number of hydrogen-bond acceptors (Lipinski definition) is 4. The smallest absolute Gasteiger partial charge is 0.304 e. The number of amides is 2. The Labute approximate surface area is 220 Å². The third-order valence-corrected chi connectivity index (χ3v) is 7.79. The standard InChI is InChI=1S/C27H39FN4O4S/c1-8-24(27(34)29-16-19(2)3)31(17-22-11-13-23(28)14-12-22)26(33)18-32(37(35,36)30(6)7)25-15-20(4)9-10-21(25)5/h9-15,19,24H,8,16-18H2,1-7H3,(H,29,34). The van der Waals surface area contributed by atoms with Crippen LogP contribution in [-0.2, 0) is 26.3 Å². The van der Waals surface area contributed by atoms with Gasteiger partial charge in [-0.2, -0.15) is 12.7 Å². The van der Waals surface area contributed by atoms with Crippen LogP contribution in [0.25, 0.3) is 0 Å². The normalized spacial score (nSPS) is 12.5. The number of carbonyl (C=O) groups excluding carboxylic acids is 2. The molecule has 2 amide bonds. The lowest BCUT2D eigenvalue weighted by Crippen LogP contribution is -2.53. The first-order valence-corrected chi connectivity index (χ1v) is 13.8. The van der Waals surface area contributed by atoms with E-state index < -0.39 is 34.5 Å². The van der Waals surface area contributed by atoms with E-state index in [9.17, 15) is 22.4 Å². The van der Waals surface area contributed by atoms with Crippen LogP contribution in [0, 0.1) is 25.6 Å². The zero-order valence-corrected chi connectivity index (χ0v) is 23.6. The number of rotatable bonds is 12. The van der Waals surface area contributed by atoms with Crippen molar-refractivity contribution in [3.05, 3.63) is 65.0 Å². The zero-order valence-electron chi connectivity index (χ0n) is 22.8. The van der Waals surface area contributed by atoms with Crippen LogP contribution in [0.2, 0.25) is 0 Å². The summed E-state index contributed by atoms with van der Waals surface area (Å²) in [5.41, 5.74) is 2.55. The molecule has 1 atom stereocenters. The molecule has 0 saturated carbocycles. The molecule has 37 heavy (non-hydrogen) atoms. The molecule has 0 aliphatic rings. The lowest BCUT2D eigenvalue weighted by molar-refractivity contribution is -0.140. The molecule has 0 spiro atoms. The average Bonchev–Trinajstić information content (AvgIpc) is 2.83. The maximum absolute atomic E-state index is 13.9. The number of carbonyl (C=O) groups is 2. The molecule has 2 aromatic rings. The van der Waals surface area contributed by atoms with Crippen LogP contribution in [0.5, 0.6) is 0 Å². The Morgan fingerprint density at radius 1 is 1.03 bits per heavy atom. The molecule has 0 aliphatic heterocycles. The Morgan fingerprint density at radius 3 is 2.19 bits per heavy atom. The van der Waals surface area contributed by atoms with Gasteiger partial charge in [0.15, 0.2) is 0 Å². The molecule has 0 aromatic heterocycles. The van der Waals surface area contributed by atoms with Crippen molar-refractivity contribution in [2.24, 2.45) is 5.92 Å². The minimum atomic E-state index is -4.04. The van der Waals surface area contributed by atoms with E-state index in [1.165, 1.54) is 31.1 Å². The predicted octanol–water partition coefficient (Wildman–Crippen LogP) is 3.63. The number of anilines is 1. The van der Waals surface area contributed by atoms with Crippen molar-refractivity contribution < 1.29 is 22.4 Å². The molecule has 204 valence electrons. The van der Waals surface area contributed by atoms with Gasteiger partial charge in [0.2, 0.25) is 11.8 Å². The van der Waals surface area contributed by atoms with Gasteiger partial charge in [-0.1, -0.05) is 45.0 Å². The number of benzene rings is 2. The number of aryl methyl sites for hydroxylation is 2. The monoisotopic (exact) mass is 534 g/mol. The highest BCUT2D eigenvalue weighted by atomic mass is 32.2. The molecule has 1 unspecified atom stereocenters. The summed E-state index contributed by atoms with van der Waals surface area (Å²) in [6.07, 6.45) is 0.320. The highest BCUT2D eigenvalue weighted by molar-refractivity contribution is 7.90. The summed E-state index contributed by atoms with van der Waals surface area (Å²) in [7, 11) is -1.23. The Morgan fingerprint density at radius 2 is 1.65 bits per heavy atom. The molecule has 0 radical (unpaired) electrons. The summed E-state index contributed by atoms with van der Waals surface area (Å²) in [5.74, 6) is -1.06. The van der Waals surface area contributed by atoms with Crippen molar-refractivity contribution in [2.45, 2.75) is 53.6 Å². The number of hydrogen-bond donors (Lipinski definition) is 1. The Balaban J connectivity index is 2.53. The van der Waals surface area contributed by atoms with Gasteiger partial charge in [-0.25, -0.2) is 8.70 Å². The maximum atomic E-state index is 13.9. The largest absolute Gasteiger partial charge is 0.354 e. The van der Waals surface area contributed by atoms with Gasteiger partial charge < -0.3 is 10.2 Å². The number of halogens is 1. The van der Waals surface area contributed by atoms with Crippen molar-refractivity contribution >= 4 is 27.7 Å². The van der Waals surface area contributed by atoms with Crippen LogP contribution >= 0.6 is 0 Å². The first-order valence-electron chi connectivity index (χ1n) is 12.4. The topological polar surface area (TPSA) is 90.0 Å².